The minimum atomic E-state index is -4.99. The molecule has 0 bridgehead atoms. The molecule has 2 heterocycles. The fourth-order valence-corrected chi connectivity index (χ4v) is 2.29. The van der Waals surface area contributed by atoms with Crippen molar-refractivity contribution >= 4 is 27.5 Å². The van der Waals surface area contributed by atoms with E-state index in [-0.39, 0.29) is 5.82 Å². The average Bonchev–Trinajstić information content (AvgIpc) is 2.83. The molecule has 10 heteroatoms. The summed E-state index contributed by atoms with van der Waals surface area (Å²) in [6.45, 7) is -0.0279. The molecule has 0 radical (unpaired) electrons. The second-order valence-electron chi connectivity index (χ2n) is 4.43. The van der Waals surface area contributed by atoms with Crippen molar-refractivity contribution in [2.45, 2.75) is 25.2 Å². The largest absolute Gasteiger partial charge is 0.480 e. The fraction of sp³-hybridized carbons (Fsp3) is 0.364. The van der Waals surface area contributed by atoms with Crippen LogP contribution in [0.1, 0.15) is 12.7 Å². The maximum absolute atomic E-state index is 12.8. The first-order valence-electron chi connectivity index (χ1n) is 5.66. The van der Waals surface area contributed by atoms with Crippen LogP contribution in [0.2, 0.25) is 0 Å². The predicted octanol–water partition coefficient (Wildman–Crippen LogP) is 1.48. The molecule has 0 aliphatic carbocycles. The number of nitrogens with zero attached hydrogens (tertiary/aromatic N) is 1. The summed E-state index contributed by atoms with van der Waals surface area (Å²) < 4.78 is 38.8. The van der Waals surface area contributed by atoms with Crippen molar-refractivity contribution in [2.75, 3.05) is 0 Å². The number of H-pyrrole nitrogens is 1. The van der Waals surface area contributed by atoms with Crippen molar-refractivity contribution in [1.29, 1.82) is 0 Å². The van der Waals surface area contributed by atoms with Gasteiger partial charge in [0.15, 0.2) is 0 Å². The summed E-state index contributed by atoms with van der Waals surface area (Å²) in [4.78, 5) is 28.8. The Morgan fingerprint density at radius 1 is 1.52 bits per heavy atom. The summed E-state index contributed by atoms with van der Waals surface area (Å²) in [5.41, 5.74) is -3.25. The first kappa shape index (κ1) is 15.4. The summed E-state index contributed by atoms with van der Waals surface area (Å²) >= 11 is 1.15. The van der Waals surface area contributed by atoms with Crippen LogP contribution in [0, 0.1) is 0 Å². The maximum atomic E-state index is 12.8. The van der Waals surface area contributed by atoms with E-state index in [2.05, 4.69) is 9.97 Å². The zero-order valence-electron chi connectivity index (χ0n) is 10.6. The van der Waals surface area contributed by atoms with Crippen molar-refractivity contribution in [2.24, 2.45) is 0 Å². The molecule has 0 aliphatic heterocycles. The number of alkyl halides is 3. The van der Waals surface area contributed by atoms with E-state index in [1.807, 2.05) is 5.32 Å². The van der Waals surface area contributed by atoms with E-state index < -0.39 is 29.8 Å². The lowest BCUT2D eigenvalue weighted by Crippen LogP contribution is -2.60. The first-order chi connectivity index (χ1) is 9.65. The van der Waals surface area contributed by atoms with E-state index in [1.54, 1.807) is 11.4 Å². The van der Waals surface area contributed by atoms with Crippen LogP contribution in [0.25, 0.3) is 10.2 Å². The minimum Gasteiger partial charge on any atom is -0.480 e. The van der Waals surface area contributed by atoms with Gasteiger partial charge in [0.2, 0.25) is 5.54 Å². The number of rotatable bonds is 4. The van der Waals surface area contributed by atoms with Crippen LogP contribution in [-0.2, 0) is 11.3 Å². The highest BCUT2D eigenvalue weighted by atomic mass is 32.1. The monoisotopic (exact) mass is 321 g/mol. The molecule has 0 spiro atoms. The zero-order valence-corrected chi connectivity index (χ0v) is 11.4. The molecule has 114 valence electrons. The Hall–Kier alpha value is -1.94. The van der Waals surface area contributed by atoms with E-state index in [1.165, 1.54) is 0 Å². The van der Waals surface area contributed by atoms with Gasteiger partial charge in [-0.1, -0.05) is 0 Å². The van der Waals surface area contributed by atoms with Gasteiger partial charge in [-0.2, -0.15) is 13.2 Å². The van der Waals surface area contributed by atoms with Crippen LogP contribution >= 0.6 is 11.3 Å². The van der Waals surface area contributed by atoms with Gasteiger partial charge in [-0.3, -0.25) is 10.1 Å². The molecule has 1 atom stereocenters. The molecule has 2 aromatic rings. The Morgan fingerprint density at radius 3 is 2.76 bits per heavy atom. The Kier molecular flexibility index (Phi) is 3.76. The van der Waals surface area contributed by atoms with Gasteiger partial charge in [-0.15, -0.1) is 11.3 Å². The number of carboxylic acids is 1. The van der Waals surface area contributed by atoms with Gasteiger partial charge >= 0.3 is 12.1 Å². The third-order valence-electron chi connectivity index (χ3n) is 2.97. The number of hydrogen-bond donors (Lipinski definition) is 3. The number of aliphatic carboxylic acids is 1. The third-order valence-corrected chi connectivity index (χ3v) is 3.87. The van der Waals surface area contributed by atoms with Gasteiger partial charge in [0.1, 0.15) is 10.5 Å². The summed E-state index contributed by atoms with van der Waals surface area (Å²) in [6, 6.07) is 1.55. The van der Waals surface area contributed by atoms with E-state index in [0.29, 0.717) is 17.1 Å². The number of hydrogen-bond acceptors (Lipinski definition) is 5. The molecular weight excluding hydrogens is 311 g/mol. The van der Waals surface area contributed by atoms with Gasteiger partial charge in [0.05, 0.1) is 12.1 Å². The van der Waals surface area contributed by atoms with Gasteiger partial charge in [-0.25, -0.2) is 9.78 Å². The summed E-state index contributed by atoms with van der Waals surface area (Å²) in [7, 11) is 0. The highest BCUT2D eigenvalue weighted by Gasteiger charge is 2.57. The Balaban J connectivity index is 2.28. The number of aromatic nitrogens is 2. The molecule has 0 aliphatic rings. The van der Waals surface area contributed by atoms with Crippen LogP contribution in [0.15, 0.2) is 16.2 Å². The lowest BCUT2D eigenvalue weighted by Gasteiger charge is -2.28. The Labute approximate surface area is 119 Å². The number of nitrogens with one attached hydrogen (secondary N) is 2. The molecule has 0 fully saturated rings. The second-order valence-corrected chi connectivity index (χ2v) is 5.35. The minimum absolute atomic E-state index is 0.0670. The molecule has 3 N–H and O–H groups in total. The van der Waals surface area contributed by atoms with E-state index in [0.717, 1.165) is 11.3 Å². The molecule has 1 unspecified atom stereocenters. The normalized spacial score (nSPS) is 15.0. The number of fused-ring (bicyclic) bond motifs is 1. The average molecular weight is 321 g/mol. The molecular formula is C11H10F3N3O3S. The zero-order chi connectivity index (χ0) is 15.8. The van der Waals surface area contributed by atoms with Crippen molar-refractivity contribution in [3.8, 4) is 0 Å². The lowest BCUT2D eigenvalue weighted by molar-refractivity contribution is -0.206. The molecule has 21 heavy (non-hydrogen) atoms. The van der Waals surface area contributed by atoms with Crippen LogP contribution < -0.4 is 10.9 Å². The lowest BCUT2D eigenvalue weighted by atomic mass is 10.0. The highest BCUT2D eigenvalue weighted by Crippen LogP contribution is 2.30. The highest BCUT2D eigenvalue weighted by molar-refractivity contribution is 7.17. The molecule has 2 aromatic heterocycles. The number of carbonyl (C=O) groups is 1. The topological polar surface area (TPSA) is 95.1 Å². The smallest absolute Gasteiger partial charge is 0.417 e. The summed E-state index contributed by atoms with van der Waals surface area (Å²) in [5.74, 6) is -2.13. The fourth-order valence-electron chi connectivity index (χ4n) is 1.56. The van der Waals surface area contributed by atoms with Gasteiger partial charge in [0, 0.05) is 0 Å². The third kappa shape index (κ3) is 2.76. The summed E-state index contributed by atoms with van der Waals surface area (Å²) in [5, 5.41) is 12.3. The molecule has 0 saturated carbocycles. The SMILES string of the molecule is CC(NCc1nc2ccsc2c(=O)[nH]1)(C(=O)O)C(F)(F)F. The van der Waals surface area contributed by atoms with E-state index in [9.17, 15) is 22.8 Å². The van der Waals surface area contributed by atoms with Crippen molar-refractivity contribution < 1.29 is 23.1 Å². The van der Waals surface area contributed by atoms with Crippen LogP contribution in [0.5, 0.6) is 0 Å². The van der Waals surface area contributed by atoms with Crippen molar-refractivity contribution in [3.63, 3.8) is 0 Å². The van der Waals surface area contributed by atoms with Gasteiger partial charge < -0.3 is 10.1 Å². The van der Waals surface area contributed by atoms with Gasteiger partial charge in [0.25, 0.3) is 5.56 Å². The first-order valence-corrected chi connectivity index (χ1v) is 6.54. The van der Waals surface area contributed by atoms with Crippen molar-refractivity contribution in [1.82, 2.24) is 15.3 Å². The number of aromatic amines is 1. The number of carboxylic acid groups (broad SMARTS) is 1. The Bertz CT molecular complexity index is 739. The van der Waals surface area contributed by atoms with E-state index in [4.69, 9.17) is 5.11 Å². The van der Waals surface area contributed by atoms with Crippen molar-refractivity contribution in [3.05, 3.63) is 27.6 Å². The number of halogens is 3. The van der Waals surface area contributed by atoms with Crippen LogP contribution in [0.3, 0.4) is 0 Å². The quantitative estimate of drug-likeness (QED) is 0.793. The Morgan fingerprint density at radius 2 is 2.19 bits per heavy atom. The molecule has 0 saturated heterocycles. The molecule has 0 amide bonds. The molecule has 2 rings (SSSR count). The maximum Gasteiger partial charge on any atom is 0.417 e. The molecule has 0 aromatic carbocycles. The standard InChI is InChI=1S/C11H10F3N3O3S/c1-10(9(19)20,11(12,13)14)15-4-6-16-5-2-3-21-7(5)8(18)17-6/h2-3,15H,4H2,1H3,(H,19,20)(H,16,17,18). The predicted molar refractivity (Wildman–Crippen MR) is 69.2 cm³/mol. The van der Waals surface area contributed by atoms with Crippen LogP contribution in [0.4, 0.5) is 13.2 Å². The van der Waals surface area contributed by atoms with Crippen LogP contribution in [-0.4, -0.2) is 32.8 Å². The van der Waals surface area contributed by atoms with E-state index >= 15 is 0 Å². The number of thiophene rings is 1. The summed E-state index contributed by atoms with van der Waals surface area (Å²) in [6.07, 6.45) is -4.99. The molecule has 6 nitrogen and oxygen atoms in total. The second kappa shape index (κ2) is 5.11. The van der Waals surface area contributed by atoms with Gasteiger partial charge in [-0.05, 0) is 18.4 Å².